The number of para-hydroxylation sites is 2. The fraction of sp³-hybridized carbons (Fsp3) is 0.286. The number of nitrogens with one attached hydrogen (secondary N) is 1. The number of methoxy groups -OCH3 is 2. The first-order chi connectivity index (χ1) is 14.0. The van der Waals surface area contributed by atoms with E-state index < -0.39 is 24.4 Å². The molecule has 152 valence electrons. The number of hydrogen-bond acceptors (Lipinski definition) is 6. The molecule has 1 fully saturated rings. The van der Waals surface area contributed by atoms with E-state index >= 15 is 0 Å². The van der Waals surface area contributed by atoms with Crippen molar-refractivity contribution in [2.45, 2.75) is 6.42 Å². The summed E-state index contributed by atoms with van der Waals surface area (Å²) >= 11 is 0. The van der Waals surface area contributed by atoms with E-state index in [4.69, 9.17) is 14.2 Å². The van der Waals surface area contributed by atoms with Crippen molar-refractivity contribution >= 4 is 29.2 Å². The van der Waals surface area contributed by atoms with Gasteiger partial charge in [0.15, 0.2) is 6.61 Å². The van der Waals surface area contributed by atoms with Crippen LogP contribution in [0.4, 0.5) is 11.4 Å². The predicted molar refractivity (Wildman–Crippen MR) is 106 cm³/mol. The van der Waals surface area contributed by atoms with Gasteiger partial charge in [-0.15, -0.1) is 0 Å². The molecule has 29 heavy (non-hydrogen) atoms. The zero-order valence-corrected chi connectivity index (χ0v) is 16.2. The van der Waals surface area contributed by atoms with Gasteiger partial charge in [0.1, 0.15) is 11.5 Å². The number of amides is 2. The largest absolute Gasteiger partial charge is 0.497 e. The molecule has 1 N–H and O–H groups in total. The van der Waals surface area contributed by atoms with Crippen molar-refractivity contribution in [1.82, 2.24) is 0 Å². The van der Waals surface area contributed by atoms with Gasteiger partial charge in [-0.1, -0.05) is 18.2 Å². The maximum Gasteiger partial charge on any atom is 0.311 e. The minimum Gasteiger partial charge on any atom is -0.497 e. The van der Waals surface area contributed by atoms with E-state index in [1.54, 1.807) is 55.6 Å². The van der Waals surface area contributed by atoms with Crippen LogP contribution in [0.5, 0.6) is 11.5 Å². The number of esters is 1. The second kappa shape index (κ2) is 9.09. The van der Waals surface area contributed by atoms with Crippen LogP contribution in [0.1, 0.15) is 6.42 Å². The average Bonchev–Trinajstić information content (AvgIpc) is 3.14. The Bertz CT molecular complexity index is 914. The van der Waals surface area contributed by atoms with Crippen LogP contribution in [-0.4, -0.2) is 45.2 Å². The van der Waals surface area contributed by atoms with E-state index in [2.05, 4.69) is 5.32 Å². The molecular formula is C21H22N2O6. The SMILES string of the molecule is COc1cccc(N2C[C@@H](C(=O)OCC(=O)Nc3ccccc3OC)CC2=O)c1. The lowest BCUT2D eigenvalue weighted by Gasteiger charge is -2.17. The van der Waals surface area contributed by atoms with Crippen molar-refractivity contribution in [3.8, 4) is 11.5 Å². The smallest absolute Gasteiger partial charge is 0.311 e. The maximum absolute atomic E-state index is 12.3. The summed E-state index contributed by atoms with van der Waals surface area (Å²) in [5.74, 6) is -0.765. The molecule has 1 heterocycles. The van der Waals surface area contributed by atoms with Gasteiger partial charge in [0, 0.05) is 24.7 Å². The zero-order chi connectivity index (χ0) is 20.8. The van der Waals surface area contributed by atoms with Gasteiger partial charge < -0.3 is 24.4 Å². The summed E-state index contributed by atoms with van der Waals surface area (Å²) in [4.78, 5) is 38.3. The predicted octanol–water partition coefficient (Wildman–Crippen LogP) is 2.24. The van der Waals surface area contributed by atoms with E-state index in [1.807, 2.05) is 0 Å². The molecule has 1 atom stereocenters. The van der Waals surface area contributed by atoms with E-state index in [9.17, 15) is 14.4 Å². The second-order valence-electron chi connectivity index (χ2n) is 6.46. The summed E-state index contributed by atoms with van der Waals surface area (Å²) in [5, 5.41) is 2.63. The third kappa shape index (κ3) is 4.84. The Morgan fingerprint density at radius 1 is 1.10 bits per heavy atom. The molecule has 1 aliphatic heterocycles. The molecule has 8 heteroatoms. The van der Waals surface area contributed by atoms with Crippen LogP contribution in [0.25, 0.3) is 0 Å². The molecule has 0 unspecified atom stereocenters. The van der Waals surface area contributed by atoms with Crippen molar-refractivity contribution < 1.29 is 28.6 Å². The van der Waals surface area contributed by atoms with Gasteiger partial charge in [-0.3, -0.25) is 14.4 Å². The first-order valence-electron chi connectivity index (χ1n) is 9.05. The third-order valence-electron chi connectivity index (χ3n) is 4.55. The maximum atomic E-state index is 12.3. The van der Waals surface area contributed by atoms with Gasteiger partial charge in [0.05, 0.1) is 25.8 Å². The molecule has 0 aliphatic carbocycles. The lowest BCUT2D eigenvalue weighted by molar-refractivity contribution is -0.151. The van der Waals surface area contributed by atoms with Gasteiger partial charge in [-0.2, -0.15) is 0 Å². The van der Waals surface area contributed by atoms with Crippen LogP contribution in [0.3, 0.4) is 0 Å². The molecule has 1 aliphatic rings. The average molecular weight is 398 g/mol. The van der Waals surface area contributed by atoms with Crippen molar-refractivity contribution in [2.75, 3.05) is 37.6 Å². The molecule has 0 bridgehead atoms. The normalized spacial score (nSPS) is 15.7. The Labute approximate surface area is 168 Å². The number of benzene rings is 2. The number of anilines is 2. The van der Waals surface area contributed by atoms with Crippen molar-refractivity contribution in [3.05, 3.63) is 48.5 Å². The molecule has 2 amide bonds. The minimum atomic E-state index is -0.632. The number of carbonyl (C=O) groups is 3. The number of rotatable bonds is 7. The standard InChI is InChI=1S/C21H22N2O6/c1-27-16-7-5-6-15(11-16)23-12-14(10-20(23)25)21(26)29-13-19(24)22-17-8-3-4-9-18(17)28-2/h3-9,11,14H,10,12-13H2,1-2H3,(H,22,24)/t14-/m0/s1. The molecule has 0 saturated carbocycles. The van der Waals surface area contributed by atoms with Crippen LogP contribution < -0.4 is 19.7 Å². The Hall–Kier alpha value is -3.55. The third-order valence-corrected chi connectivity index (χ3v) is 4.55. The summed E-state index contributed by atoms with van der Waals surface area (Å²) in [6.07, 6.45) is 0.0319. The molecule has 2 aromatic carbocycles. The molecule has 2 aromatic rings. The number of nitrogens with zero attached hydrogens (tertiary/aromatic N) is 1. The molecular weight excluding hydrogens is 376 g/mol. The monoisotopic (exact) mass is 398 g/mol. The first kappa shape index (κ1) is 20.2. The second-order valence-corrected chi connectivity index (χ2v) is 6.46. The minimum absolute atomic E-state index is 0.0319. The summed E-state index contributed by atoms with van der Waals surface area (Å²) < 4.78 is 15.4. The number of ether oxygens (including phenoxy) is 3. The van der Waals surface area contributed by atoms with Crippen LogP contribution in [0.15, 0.2) is 48.5 Å². The Balaban J connectivity index is 1.54. The van der Waals surface area contributed by atoms with E-state index in [0.29, 0.717) is 22.9 Å². The fourth-order valence-electron chi connectivity index (χ4n) is 3.08. The number of carbonyl (C=O) groups excluding carboxylic acids is 3. The topological polar surface area (TPSA) is 94.2 Å². The highest BCUT2D eigenvalue weighted by Gasteiger charge is 2.36. The van der Waals surface area contributed by atoms with Crippen LogP contribution in [-0.2, 0) is 19.1 Å². The van der Waals surface area contributed by atoms with Gasteiger partial charge >= 0.3 is 5.97 Å². The zero-order valence-electron chi connectivity index (χ0n) is 16.2. The first-order valence-corrected chi connectivity index (χ1v) is 9.05. The Kier molecular flexibility index (Phi) is 6.33. The Morgan fingerprint density at radius 2 is 1.90 bits per heavy atom. The fourth-order valence-corrected chi connectivity index (χ4v) is 3.08. The molecule has 0 radical (unpaired) electrons. The van der Waals surface area contributed by atoms with Gasteiger partial charge in [0.25, 0.3) is 5.91 Å². The summed E-state index contributed by atoms with van der Waals surface area (Å²) in [6, 6.07) is 14.0. The highest BCUT2D eigenvalue weighted by atomic mass is 16.5. The van der Waals surface area contributed by atoms with Gasteiger partial charge in [-0.25, -0.2) is 0 Å². The summed E-state index contributed by atoms with van der Waals surface area (Å²) in [7, 11) is 3.04. The highest BCUT2D eigenvalue weighted by molar-refractivity contribution is 6.00. The number of hydrogen-bond donors (Lipinski definition) is 1. The van der Waals surface area contributed by atoms with Crippen molar-refractivity contribution in [2.24, 2.45) is 5.92 Å². The highest BCUT2D eigenvalue weighted by Crippen LogP contribution is 2.28. The summed E-state index contributed by atoms with van der Waals surface area (Å²) in [6.45, 7) is -0.250. The van der Waals surface area contributed by atoms with Crippen LogP contribution in [0.2, 0.25) is 0 Å². The summed E-state index contributed by atoms with van der Waals surface area (Å²) in [5.41, 5.74) is 1.13. The van der Waals surface area contributed by atoms with Crippen LogP contribution in [0, 0.1) is 5.92 Å². The van der Waals surface area contributed by atoms with Crippen molar-refractivity contribution in [3.63, 3.8) is 0 Å². The Morgan fingerprint density at radius 3 is 2.66 bits per heavy atom. The molecule has 0 spiro atoms. The van der Waals surface area contributed by atoms with E-state index in [0.717, 1.165) is 0 Å². The lowest BCUT2D eigenvalue weighted by atomic mass is 10.1. The van der Waals surface area contributed by atoms with Crippen molar-refractivity contribution in [1.29, 1.82) is 0 Å². The lowest BCUT2D eigenvalue weighted by Crippen LogP contribution is -2.28. The quantitative estimate of drug-likeness (QED) is 0.719. The van der Waals surface area contributed by atoms with Gasteiger partial charge in [-0.05, 0) is 24.3 Å². The molecule has 0 aromatic heterocycles. The molecule has 8 nitrogen and oxygen atoms in total. The molecule has 3 rings (SSSR count). The van der Waals surface area contributed by atoms with E-state index in [-0.39, 0.29) is 18.9 Å². The van der Waals surface area contributed by atoms with Gasteiger partial charge in [0.2, 0.25) is 5.91 Å². The molecule has 1 saturated heterocycles. The van der Waals surface area contributed by atoms with E-state index in [1.165, 1.54) is 12.0 Å². The van der Waals surface area contributed by atoms with Crippen LogP contribution >= 0.6 is 0 Å².